The van der Waals surface area contributed by atoms with E-state index in [1.807, 2.05) is 30.3 Å². The highest BCUT2D eigenvalue weighted by Crippen LogP contribution is 2.53. The third-order valence-electron chi connectivity index (χ3n) is 7.69. The highest BCUT2D eigenvalue weighted by Gasteiger charge is 2.44. The molecule has 2 fully saturated rings. The summed E-state index contributed by atoms with van der Waals surface area (Å²) in [6, 6.07) is 7.38. The highest BCUT2D eigenvalue weighted by molar-refractivity contribution is 7.54. The van der Waals surface area contributed by atoms with Crippen LogP contribution in [0.2, 0.25) is 0 Å². The largest absolute Gasteiger partial charge is 0.465 e. The number of carbonyl (C=O) groups is 3. The van der Waals surface area contributed by atoms with Gasteiger partial charge in [-0.3, -0.25) is 14.2 Å². The van der Waals surface area contributed by atoms with Crippen molar-refractivity contribution in [2.75, 3.05) is 13.2 Å². The summed E-state index contributed by atoms with van der Waals surface area (Å²) in [5.74, 6) is -3.00. The molecule has 2 aliphatic rings. The molecule has 1 saturated carbocycles. The summed E-state index contributed by atoms with van der Waals surface area (Å²) in [5, 5.41) is 28.7. The molecule has 1 aliphatic carbocycles. The summed E-state index contributed by atoms with van der Waals surface area (Å²) in [7, 11) is -4.09. The van der Waals surface area contributed by atoms with E-state index in [1.165, 1.54) is 0 Å². The number of rotatable bonds is 15. The topological polar surface area (TPSA) is 163 Å². The van der Waals surface area contributed by atoms with Gasteiger partial charge in [0.2, 0.25) is 11.8 Å². The third kappa shape index (κ3) is 9.29. The lowest BCUT2D eigenvalue weighted by Crippen LogP contribution is -2.53. The minimum Gasteiger partial charge on any atom is -0.465 e. The van der Waals surface area contributed by atoms with Gasteiger partial charge in [-0.15, -0.1) is 0 Å². The Balaban J connectivity index is 1.79. The van der Waals surface area contributed by atoms with Crippen LogP contribution in [0.3, 0.4) is 0 Å². The van der Waals surface area contributed by atoms with Crippen LogP contribution < -0.4 is 16.0 Å². The zero-order valence-electron chi connectivity index (χ0n) is 23.4. The van der Waals surface area contributed by atoms with E-state index < -0.39 is 43.4 Å². The minimum atomic E-state index is -4.09. The molecule has 224 valence electrons. The van der Waals surface area contributed by atoms with Gasteiger partial charge in [0.1, 0.15) is 6.04 Å². The summed E-state index contributed by atoms with van der Waals surface area (Å²) in [4.78, 5) is 37.9. The average Bonchev–Trinajstić information content (AvgIpc) is 3.26. The predicted octanol–water partition coefficient (Wildman–Crippen LogP) is 3.80. The number of amides is 3. The van der Waals surface area contributed by atoms with Crippen LogP contribution in [0.1, 0.15) is 70.8 Å². The molecule has 1 aromatic carbocycles. The smallest absolute Gasteiger partial charge is 0.405 e. The number of aliphatic hydroxyl groups is 1. The zero-order valence-corrected chi connectivity index (χ0v) is 24.3. The molecule has 12 heteroatoms. The Bertz CT molecular complexity index is 1010. The molecule has 0 bridgehead atoms. The van der Waals surface area contributed by atoms with Crippen molar-refractivity contribution in [1.29, 1.82) is 0 Å². The highest BCUT2D eigenvalue weighted by atomic mass is 31.2. The normalized spacial score (nSPS) is 22.2. The maximum absolute atomic E-state index is 13.5. The Kier molecular flexibility index (Phi) is 12.4. The van der Waals surface area contributed by atoms with Crippen LogP contribution in [0, 0.1) is 11.8 Å². The number of benzene rings is 1. The molecule has 1 aliphatic heterocycles. The molecular formula is C28H44N3O8P. The molecule has 4 unspecified atom stereocenters. The summed E-state index contributed by atoms with van der Waals surface area (Å²) in [6.07, 6.45) is 5.05. The molecule has 3 rings (SSSR count). The molecule has 40 heavy (non-hydrogen) atoms. The molecule has 5 N–H and O–H groups in total. The number of hydrogen-bond donors (Lipinski definition) is 5. The first-order valence-electron chi connectivity index (χ1n) is 14.4. The SMILES string of the molecule is CCOP(=O)(OCC)C(O)C(CC1CC(Cc2ccccc2)NC1=O)NC(=O)[C@H](CC1CCCCC1)NC(=O)O. The molecule has 3 amide bonds. The van der Waals surface area contributed by atoms with Gasteiger partial charge in [-0.25, -0.2) is 4.79 Å². The lowest BCUT2D eigenvalue weighted by Gasteiger charge is -2.32. The fraction of sp³-hybridized carbons (Fsp3) is 0.679. The zero-order chi connectivity index (χ0) is 29.1. The van der Waals surface area contributed by atoms with E-state index in [4.69, 9.17) is 9.05 Å². The number of hydrogen-bond acceptors (Lipinski definition) is 7. The Morgan fingerprint density at radius 2 is 1.70 bits per heavy atom. The van der Waals surface area contributed by atoms with E-state index in [-0.39, 0.29) is 37.5 Å². The van der Waals surface area contributed by atoms with E-state index >= 15 is 0 Å². The standard InChI is InChI=1S/C28H44N3O8P/c1-3-38-40(37,39-4-2)27(34)24(18-21-17-22(29-25(21)32)15-19-11-7-5-8-12-19)30-26(33)23(31-28(35)36)16-20-13-9-6-10-14-20/h5,7-8,11-12,20-24,27,31,34H,3-4,6,9-10,13-18H2,1-2H3,(H,29,32)(H,30,33)(H,35,36)/t21?,22?,23-,24?,27?/m0/s1. The van der Waals surface area contributed by atoms with Crippen LogP contribution in [0.25, 0.3) is 0 Å². The molecule has 5 atom stereocenters. The van der Waals surface area contributed by atoms with Gasteiger partial charge >= 0.3 is 13.7 Å². The summed E-state index contributed by atoms with van der Waals surface area (Å²) < 4.78 is 24.2. The van der Waals surface area contributed by atoms with Crippen LogP contribution >= 0.6 is 7.60 Å². The summed E-state index contributed by atoms with van der Waals surface area (Å²) in [6.45, 7) is 3.23. The first kappa shape index (κ1) is 32.1. The minimum absolute atomic E-state index is 0.00292. The number of carboxylic acid groups (broad SMARTS) is 1. The van der Waals surface area contributed by atoms with Crippen molar-refractivity contribution in [3.8, 4) is 0 Å². The lowest BCUT2D eigenvalue weighted by atomic mass is 9.84. The maximum Gasteiger partial charge on any atom is 0.405 e. The number of nitrogens with one attached hydrogen (secondary N) is 3. The number of aliphatic hydroxyl groups excluding tert-OH is 1. The molecular weight excluding hydrogens is 537 g/mol. The fourth-order valence-electron chi connectivity index (χ4n) is 5.82. The predicted molar refractivity (Wildman–Crippen MR) is 150 cm³/mol. The van der Waals surface area contributed by atoms with Crippen molar-refractivity contribution in [2.24, 2.45) is 11.8 Å². The third-order valence-corrected chi connectivity index (χ3v) is 9.93. The van der Waals surface area contributed by atoms with Crippen LogP contribution in [0.4, 0.5) is 4.79 Å². The van der Waals surface area contributed by atoms with E-state index in [2.05, 4.69) is 16.0 Å². The molecule has 0 aromatic heterocycles. The molecule has 1 aromatic rings. The Morgan fingerprint density at radius 3 is 2.30 bits per heavy atom. The quantitative estimate of drug-likeness (QED) is 0.195. The van der Waals surface area contributed by atoms with E-state index in [0.717, 1.165) is 37.7 Å². The van der Waals surface area contributed by atoms with E-state index in [9.17, 15) is 29.2 Å². The second-order valence-corrected chi connectivity index (χ2v) is 12.8. The van der Waals surface area contributed by atoms with Gasteiger partial charge in [0, 0.05) is 12.0 Å². The first-order chi connectivity index (χ1) is 19.1. The van der Waals surface area contributed by atoms with E-state index in [0.29, 0.717) is 19.3 Å². The van der Waals surface area contributed by atoms with Crippen molar-refractivity contribution in [2.45, 2.75) is 95.6 Å². The van der Waals surface area contributed by atoms with Crippen molar-refractivity contribution in [3.05, 3.63) is 35.9 Å². The van der Waals surface area contributed by atoms with Gasteiger partial charge in [-0.05, 0) is 51.0 Å². The number of carbonyl (C=O) groups excluding carboxylic acids is 2. The first-order valence-corrected chi connectivity index (χ1v) is 16.0. The van der Waals surface area contributed by atoms with Crippen molar-refractivity contribution in [1.82, 2.24) is 16.0 Å². The van der Waals surface area contributed by atoms with Crippen LogP contribution in [-0.4, -0.2) is 65.3 Å². The average molecular weight is 582 g/mol. The summed E-state index contributed by atoms with van der Waals surface area (Å²) >= 11 is 0. The second kappa shape index (κ2) is 15.5. The van der Waals surface area contributed by atoms with Crippen molar-refractivity contribution >= 4 is 25.5 Å². The van der Waals surface area contributed by atoms with Crippen molar-refractivity contribution < 1.29 is 38.2 Å². The Hall–Kier alpha value is -2.46. The van der Waals surface area contributed by atoms with Gasteiger partial charge in [0.25, 0.3) is 0 Å². The molecule has 11 nitrogen and oxygen atoms in total. The molecule has 1 saturated heterocycles. The molecule has 1 heterocycles. The summed E-state index contributed by atoms with van der Waals surface area (Å²) in [5.41, 5.74) is 1.07. The Labute approximate surface area is 236 Å². The Morgan fingerprint density at radius 1 is 1.05 bits per heavy atom. The second-order valence-electron chi connectivity index (χ2n) is 10.7. The monoisotopic (exact) mass is 581 g/mol. The molecule has 0 spiro atoms. The van der Waals surface area contributed by atoms with E-state index in [1.54, 1.807) is 13.8 Å². The maximum atomic E-state index is 13.5. The van der Waals surface area contributed by atoms with Gasteiger partial charge in [-0.1, -0.05) is 62.4 Å². The van der Waals surface area contributed by atoms with Crippen LogP contribution in [-0.2, 0) is 29.6 Å². The van der Waals surface area contributed by atoms with Gasteiger partial charge < -0.3 is 35.2 Å². The lowest BCUT2D eigenvalue weighted by molar-refractivity contribution is -0.126. The van der Waals surface area contributed by atoms with Gasteiger partial charge in [-0.2, -0.15) is 0 Å². The van der Waals surface area contributed by atoms with Gasteiger partial charge in [0.15, 0.2) is 5.85 Å². The molecule has 0 radical (unpaired) electrons. The fourth-order valence-corrected chi connectivity index (χ4v) is 7.55. The van der Waals surface area contributed by atoms with Crippen LogP contribution in [0.5, 0.6) is 0 Å². The van der Waals surface area contributed by atoms with Gasteiger partial charge in [0.05, 0.1) is 19.3 Å². The van der Waals surface area contributed by atoms with Crippen molar-refractivity contribution in [3.63, 3.8) is 0 Å². The van der Waals surface area contributed by atoms with Crippen LogP contribution in [0.15, 0.2) is 30.3 Å².